The van der Waals surface area contributed by atoms with Gasteiger partial charge in [0.2, 0.25) is 0 Å². The van der Waals surface area contributed by atoms with E-state index in [-0.39, 0.29) is 35.3 Å². The molecule has 7 aliphatic rings. The summed E-state index contributed by atoms with van der Waals surface area (Å²) < 4.78 is 9.51. The molecule has 11 rings (SSSR count). The SMILES string of the molecule is C[C@H]1c2c(c3c(n2Cc2ccccc2)[C@@H]2Oc4c(O)ccc5c4[C@@]24CCN(C)[C@H](C5)[C@]4(O)C3)CC2(O)[C@H]3Cc4ccc(O)c(O)c4[C@@]12CCN3C. The molecule has 4 aliphatic carbocycles. The van der Waals surface area contributed by atoms with Crippen LogP contribution in [-0.2, 0) is 43.1 Å². The van der Waals surface area contributed by atoms with E-state index >= 15 is 0 Å². The minimum Gasteiger partial charge on any atom is -0.504 e. The van der Waals surface area contributed by atoms with Crippen LogP contribution in [-0.4, -0.2) is 90.4 Å². The summed E-state index contributed by atoms with van der Waals surface area (Å²) in [6.07, 6.45) is 2.80. The summed E-state index contributed by atoms with van der Waals surface area (Å²) in [5.41, 5.74) is 5.16. The fraction of sp³-hybridized carbons (Fsp3) is 0.476. The number of aromatic hydroxyl groups is 3. The predicted octanol–water partition coefficient (Wildman–Crippen LogP) is 4.16. The molecule has 4 heterocycles. The molecule has 4 aromatic rings. The summed E-state index contributed by atoms with van der Waals surface area (Å²) in [5.74, 6) is 0.0783. The lowest BCUT2D eigenvalue weighted by molar-refractivity contribution is -0.168. The summed E-state index contributed by atoms with van der Waals surface area (Å²) in [6, 6.07) is 17.4. The number of benzene rings is 3. The second-order valence-corrected chi connectivity index (χ2v) is 17.0. The van der Waals surface area contributed by atoms with Crippen molar-refractivity contribution in [2.24, 2.45) is 0 Å². The summed E-state index contributed by atoms with van der Waals surface area (Å²) in [5, 5.41) is 60.9. The fourth-order valence-electron chi connectivity index (χ4n) is 13.2. The Morgan fingerprint density at radius 3 is 2.00 bits per heavy atom. The van der Waals surface area contributed by atoms with Gasteiger partial charge in [0.15, 0.2) is 29.1 Å². The Morgan fingerprint density at radius 2 is 1.31 bits per heavy atom. The number of phenols is 3. The first-order valence-electron chi connectivity index (χ1n) is 18.7. The van der Waals surface area contributed by atoms with Gasteiger partial charge in [-0.2, -0.15) is 0 Å². The summed E-state index contributed by atoms with van der Waals surface area (Å²) in [7, 11) is 4.21. The predicted molar refractivity (Wildman–Crippen MR) is 190 cm³/mol. The number of ether oxygens (including phenoxy) is 1. The minimum atomic E-state index is -1.25. The van der Waals surface area contributed by atoms with Crippen LogP contribution in [0.4, 0.5) is 0 Å². The van der Waals surface area contributed by atoms with Gasteiger partial charge in [0.05, 0.1) is 22.3 Å². The molecule has 51 heavy (non-hydrogen) atoms. The lowest BCUT2D eigenvalue weighted by atomic mass is 9.45. The molecule has 0 amide bonds. The Morgan fingerprint density at radius 1 is 0.725 bits per heavy atom. The van der Waals surface area contributed by atoms with Gasteiger partial charge in [-0.1, -0.05) is 49.4 Å². The van der Waals surface area contributed by atoms with E-state index in [1.165, 1.54) is 0 Å². The van der Waals surface area contributed by atoms with Gasteiger partial charge in [0.1, 0.15) is 0 Å². The molecule has 5 N–H and O–H groups in total. The van der Waals surface area contributed by atoms with Crippen molar-refractivity contribution in [3.8, 4) is 23.0 Å². The van der Waals surface area contributed by atoms with E-state index in [2.05, 4.69) is 59.7 Å². The van der Waals surface area contributed by atoms with Crippen molar-refractivity contribution in [2.75, 3.05) is 27.2 Å². The number of phenolic OH excluding ortho intramolecular Hbond substituents is 3. The third kappa shape index (κ3) is 3.23. The molecule has 2 saturated heterocycles. The van der Waals surface area contributed by atoms with E-state index in [9.17, 15) is 25.5 Å². The van der Waals surface area contributed by atoms with Gasteiger partial charge in [-0.3, -0.25) is 0 Å². The Kier molecular flexibility index (Phi) is 5.70. The van der Waals surface area contributed by atoms with Gasteiger partial charge in [-0.15, -0.1) is 0 Å². The molecule has 9 heteroatoms. The average molecular weight is 688 g/mol. The van der Waals surface area contributed by atoms with E-state index < -0.39 is 28.1 Å². The van der Waals surface area contributed by atoms with E-state index in [4.69, 9.17) is 4.74 Å². The highest BCUT2D eigenvalue weighted by Gasteiger charge is 2.74. The lowest BCUT2D eigenvalue weighted by Gasteiger charge is -2.65. The second kappa shape index (κ2) is 9.50. The number of likely N-dealkylation sites (N-methyl/N-ethyl adjacent to an activating group) is 2. The number of hydrogen-bond acceptors (Lipinski definition) is 8. The van der Waals surface area contributed by atoms with E-state index in [1.54, 1.807) is 12.1 Å². The number of nitrogens with zero attached hydrogens (tertiary/aromatic N) is 3. The van der Waals surface area contributed by atoms with Crippen LogP contribution in [0.25, 0.3) is 0 Å². The van der Waals surface area contributed by atoms with Crippen molar-refractivity contribution in [2.45, 2.75) is 98.1 Å². The fourth-order valence-corrected chi connectivity index (χ4v) is 13.2. The van der Waals surface area contributed by atoms with Crippen molar-refractivity contribution in [1.29, 1.82) is 0 Å². The molecule has 3 aromatic carbocycles. The average Bonchev–Trinajstić information content (AvgIpc) is 3.60. The monoisotopic (exact) mass is 687 g/mol. The standard InChI is InChI=1S/C42H45N3O6/c1-22-34-26(19-41(49)30-17-24-9-11-28(46)36(48)32(24)39(22,41)13-15-43(30)2)27-20-42(50)31-18-25-10-12-29(47)37-33(25)40(42,14-16-44(31)3)38(51-37)35(27)45(34)21-23-7-5-4-6-8-23/h4-12,22,30-31,38,46-50H,13-21H2,1-3H3/t22-,30+,31+,38-,39+,40-,41?,42+/m0/s1. The zero-order valence-corrected chi connectivity index (χ0v) is 29.4. The van der Waals surface area contributed by atoms with Crippen molar-refractivity contribution in [3.05, 3.63) is 105 Å². The second-order valence-electron chi connectivity index (χ2n) is 17.0. The third-order valence-electron chi connectivity index (χ3n) is 15.3. The van der Waals surface area contributed by atoms with Crippen LogP contribution in [0, 0.1) is 0 Å². The quantitative estimate of drug-likeness (QED) is 0.199. The molecule has 4 bridgehead atoms. The summed E-state index contributed by atoms with van der Waals surface area (Å²) in [4.78, 5) is 4.59. The number of aromatic nitrogens is 1. The van der Waals surface area contributed by atoms with Crippen LogP contribution >= 0.6 is 0 Å². The number of fused-ring (bicyclic) bond motifs is 5. The van der Waals surface area contributed by atoms with Gasteiger partial charge in [0, 0.05) is 59.6 Å². The van der Waals surface area contributed by atoms with Crippen molar-refractivity contribution >= 4 is 0 Å². The maximum atomic E-state index is 13.5. The first kappa shape index (κ1) is 30.6. The van der Waals surface area contributed by atoms with Gasteiger partial charge in [-0.25, -0.2) is 0 Å². The van der Waals surface area contributed by atoms with Crippen LogP contribution in [0.1, 0.15) is 82.1 Å². The highest BCUT2D eigenvalue weighted by molar-refractivity contribution is 5.67. The van der Waals surface area contributed by atoms with Crippen molar-refractivity contribution in [1.82, 2.24) is 14.4 Å². The van der Waals surface area contributed by atoms with Crippen molar-refractivity contribution in [3.63, 3.8) is 0 Å². The Balaban J connectivity index is 1.23. The first-order valence-corrected chi connectivity index (χ1v) is 18.7. The molecular formula is C42H45N3O6. The summed E-state index contributed by atoms with van der Waals surface area (Å²) in [6.45, 7) is 4.34. The smallest absolute Gasteiger partial charge is 0.166 e. The van der Waals surface area contributed by atoms with Gasteiger partial charge >= 0.3 is 0 Å². The maximum absolute atomic E-state index is 13.5. The highest BCUT2D eigenvalue weighted by Crippen LogP contribution is 2.71. The van der Waals surface area contributed by atoms with Gasteiger partial charge in [-0.05, 0) is 92.8 Å². The molecule has 1 unspecified atom stereocenters. The molecule has 1 aromatic heterocycles. The molecule has 3 aliphatic heterocycles. The Labute approximate surface area is 297 Å². The van der Waals surface area contributed by atoms with Crippen LogP contribution in [0.5, 0.6) is 23.0 Å². The molecular weight excluding hydrogens is 642 g/mol. The Bertz CT molecular complexity index is 2200. The maximum Gasteiger partial charge on any atom is 0.166 e. The van der Waals surface area contributed by atoms with Crippen LogP contribution in [0.3, 0.4) is 0 Å². The zero-order chi connectivity index (χ0) is 35.0. The molecule has 264 valence electrons. The number of piperidine rings is 2. The number of likely N-dealkylation sites (tertiary alicyclic amines) is 2. The van der Waals surface area contributed by atoms with E-state index in [1.807, 2.05) is 18.2 Å². The topological polar surface area (TPSA) is 122 Å². The summed E-state index contributed by atoms with van der Waals surface area (Å²) >= 11 is 0. The van der Waals surface area contributed by atoms with Crippen LogP contribution in [0.2, 0.25) is 0 Å². The third-order valence-corrected chi connectivity index (χ3v) is 15.3. The van der Waals surface area contributed by atoms with Gasteiger partial charge < -0.3 is 44.6 Å². The van der Waals surface area contributed by atoms with Gasteiger partial charge in [0.25, 0.3) is 0 Å². The zero-order valence-electron chi connectivity index (χ0n) is 29.4. The van der Waals surface area contributed by atoms with E-state index in [0.29, 0.717) is 56.4 Å². The number of rotatable bonds is 2. The van der Waals surface area contributed by atoms with Crippen molar-refractivity contribution < 1.29 is 30.3 Å². The molecule has 1 spiro atoms. The molecule has 2 fully saturated rings. The normalized spacial score (nSPS) is 36.7. The Hall–Kier alpha value is -4.02. The van der Waals surface area contributed by atoms with E-state index in [0.717, 1.165) is 57.9 Å². The molecule has 0 saturated carbocycles. The van der Waals surface area contributed by atoms with Crippen LogP contribution < -0.4 is 4.74 Å². The lowest BCUT2D eigenvalue weighted by Crippen LogP contribution is -2.74. The first-order chi connectivity index (χ1) is 24.5. The highest BCUT2D eigenvalue weighted by atomic mass is 16.5. The largest absolute Gasteiger partial charge is 0.504 e. The minimum absolute atomic E-state index is 0.112. The molecule has 8 atom stereocenters. The number of hydrogen-bond donors (Lipinski definition) is 5. The van der Waals surface area contributed by atoms with Crippen LogP contribution in [0.15, 0.2) is 54.6 Å². The number of aliphatic hydroxyl groups is 2. The molecule has 0 radical (unpaired) electrons. The molecule has 9 nitrogen and oxygen atoms in total.